The first-order valence-corrected chi connectivity index (χ1v) is 16.8. The summed E-state index contributed by atoms with van der Waals surface area (Å²) in [6.45, 7) is 0. The summed E-state index contributed by atoms with van der Waals surface area (Å²) >= 11 is 0. The van der Waals surface area contributed by atoms with Gasteiger partial charge in [-0.05, 0) is 121 Å². The van der Waals surface area contributed by atoms with E-state index in [-0.39, 0.29) is 0 Å². The highest BCUT2D eigenvalue weighted by Gasteiger charge is 2.17. The van der Waals surface area contributed by atoms with E-state index in [0.29, 0.717) is 0 Å². The molecule has 0 aromatic heterocycles. The fourth-order valence-corrected chi connectivity index (χ4v) is 8.49. The van der Waals surface area contributed by atoms with Gasteiger partial charge in [0.2, 0.25) is 0 Å². The van der Waals surface area contributed by atoms with E-state index in [1.807, 2.05) is 0 Å². The van der Waals surface area contributed by atoms with Crippen molar-refractivity contribution in [2.24, 2.45) is 0 Å². The minimum Gasteiger partial charge on any atom is -0.0616 e. The second-order valence-corrected chi connectivity index (χ2v) is 13.3. The fourth-order valence-electron chi connectivity index (χ4n) is 8.49. The molecule has 48 heavy (non-hydrogen) atoms. The van der Waals surface area contributed by atoms with Crippen LogP contribution in [-0.2, 0) is 0 Å². The largest absolute Gasteiger partial charge is 0.0616 e. The molecule has 0 aliphatic rings. The third-order valence-corrected chi connectivity index (χ3v) is 10.7. The van der Waals surface area contributed by atoms with Crippen LogP contribution in [0.5, 0.6) is 0 Å². The highest BCUT2D eigenvalue weighted by Crippen LogP contribution is 2.44. The van der Waals surface area contributed by atoms with E-state index in [1.54, 1.807) is 0 Å². The van der Waals surface area contributed by atoms with Gasteiger partial charge in [-0.2, -0.15) is 0 Å². The Morgan fingerprint density at radius 1 is 0.208 bits per heavy atom. The number of fused-ring (bicyclic) bond motifs is 1. The first-order valence-electron chi connectivity index (χ1n) is 16.8. The molecule has 0 heteroatoms. The van der Waals surface area contributed by atoms with E-state index in [4.69, 9.17) is 0 Å². The molecule has 0 amide bonds. The van der Waals surface area contributed by atoms with Crippen LogP contribution in [0.1, 0.15) is 0 Å². The summed E-state index contributed by atoms with van der Waals surface area (Å²) in [7, 11) is 0. The Bertz CT molecular complexity index is 3000. The summed E-state index contributed by atoms with van der Waals surface area (Å²) in [5.74, 6) is 0. The Morgan fingerprint density at radius 3 is 1.12 bits per heavy atom. The van der Waals surface area contributed by atoms with Crippen LogP contribution in [-0.4, -0.2) is 0 Å². The first-order chi connectivity index (χ1) is 23.8. The van der Waals surface area contributed by atoms with Crippen LogP contribution in [0.2, 0.25) is 0 Å². The van der Waals surface area contributed by atoms with Crippen LogP contribution in [0.4, 0.5) is 0 Å². The predicted octanol–water partition coefficient (Wildman–Crippen LogP) is 13.6. The van der Waals surface area contributed by atoms with Crippen LogP contribution in [0.3, 0.4) is 0 Å². The van der Waals surface area contributed by atoms with Crippen molar-refractivity contribution in [3.63, 3.8) is 0 Å². The topological polar surface area (TPSA) is 0 Å². The van der Waals surface area contributed by atoms with Gasteiger partial charge in [-0.15, -0.1) is 0 Å². The molecule has 0 heterocycles. The van der Waals surface area contributed by atoms with Crippen LogP contribution >= 0.6 is 0 Å². The summed E-state index contributed by atoms with van der Waals surface area (Å²) in [6, 6.07) is 63.5. The summed E-state index contributed by atoms with van der Waals surface area (Å²) < 4.78 is 0. The summed E-state index contributed by atoms with van der Waals surface area (Å²) in [5.41, 5.74) is 7.53. The third kappa shape index (κ3) is 3.60. The number of rotatable bonds is 3. The fraction of sp³-hybridized carbons (Fsp3) is 0. The van der Waals surface area contributed by atoms with Gasteiger partial charge >= 0.3 is 0 Å². The van der Waals surface area contributed by atoms with Gasteiger partial charge in [0.05, 0.1) is 0 Å². The number of benzene rings is 11. The molecule has 0 fully saturated rings. The van der Waals surface area contributed by atoms with Crippen molar-refractivity contribution in [3.05, 3.63) is 170 Å². The van der Waals surface area contributed by atoms with Crippen LogP contribution in [0.15, 0.2) is 170 Å². The molecule has 0 bridgehead atoms. The number of hydrogen-bond acceptors (Lipinski definition) is 0. The molecule has 0 N–H and O–H groups in total. The molecule has 0 saturated carbocycles. The van der Waals surface area contributed by atoms with E-state index in [9.17, 15) is 0 Å². The van der Waals surface area contributed by atoms with E-state index < -0.39 is 0 Å². The lowest BCUT2D eigenvalue weighted by molar-refractivity contribution is 1.61. The van der Waals surface area contributed by atoms with Gasteiger partial charge in [-0.3, -0.25) is 0 Å². The molecule has 220 valence electrons. The zero-order valence-corrected chi connectivity index (χ0v) is 26.2. The van der Waals surface area contributed by atoms with Crippen molar-refractivity contribution in [2.75, 3.05) is 0 Å². The maximum atomic E-state index is 2.39. The van der Waals surface area contributed by atoms with E-state index in [2.05, 4.69) is 170 Å². The molecule has 0 saturated heterocycles. The van der Waals surface area contributed by atoms with Crippen molar-refractivity contribution < 1.29 is 0 Å². The quantitative estimate of drug-likeness (QED) is 0.176. The van der Waals surface area contributed by atoms with Crippen molar-refractivity contribution in [1.29, 1.82) is 0 Å². The molecule has 11 rings (SSSR count). The van der Waals surface area contributed by atoms with Crippen molar-refractivity contribution in [2.45, 2.75) is 0 Å². The molecule has 0 radical (unpaired) electrons. The lowest BCUT2D eigenvalue weighted by Gasteiger charge is -2.18. The van der Waals surface area contributed by atoms with Gasteiger partial charge in [-0.25, -0.2) is 0 Å². The van der Waals surface area contributed by atoms with Crippen LogP contribution in [0, 0.1) is 0 Å². The number of hydrogen-bond donors (Lipinski definition) is 0. The Labute approximate surface area is 277 Å². The Morgan fingerprint density at radius 2 is 0.583 bits per heavy atom. The predicted molar refractivity (Wildman–Crippen MR) is 208 cm³/mol. The Kier molecular flexibility index (Phi) is 5.20. The second kappa shape index (κ2) is 9.64. The normalized spacial score (nSPS) is 12.2. The van der Waals surface area contributed by atoms with Crippen LogP contribution < -0.4 is 0 Å². The van der Waals surface area contributed by atoms with Gasteiger partial charge in [0.15, 0.2) is 0 Å². The summed E-state index contributed by atoms with van der Waals surface area (Å²) in [6.07, 6.45) is 0. The maximum absolute atomic E-state index is 2.39. The monoisotopic (exact) mass is 604 g/mol. The van der Waals surface area contributed by atoms with Gasteiger partial charge < -0.3 is 0 Å². The minimum atomic E-state index is 1.22. The average molecular weight is 605 g/mol. The van der Waals surface area contributed by atoms with Gasteiger partial charge in [0, 0.05) is 0 Å². The minimum absolute atomic E-state index is 1.22. The van der Waals surface area contributed by atoms with Crippen molar-refractivity contribution in [1.82, 2.24) is 0 Å². The molecule has 11 aromatic rings. The Balaban J connectivity index is 1.12. The zero-order valence-electron chi connectivity index (χ0n) is 26.2. The molecule has 0 aliphatic heterocycles. The van der Waals surface area contributed by atoms with Crippen molar-refractivity contribution >= 4 is 75.4 Å². The van der Waals surface area contributed by atoms with Gasteiger partial charge in [-0.1, -0.05) is 158 Å². The second-order valence-electron chi connectivity index (χ2n) is 13.3. The third-order valence-electron chi connectivity index (χ3n) is 10.7. The SMILES string of the molecule is c1ccc2cc(-c3ccc4ccc5cccc6ccc3c4c56)c(-c3ccc(-c4ccc5ccc6cccc7ccc4c5c67)cc3)cc2c1. The van der Waals surface area contributed by atoms with Gasteiger partial charge in [0.1, 0.15) is 0 Å². The molecular weight excluding hydrogens is 577 g/mol. The standard InChI is InChI=1S/C48H28/c1-2-6-38-28-44(40-24-20-36-18-16-32-8-4-10-34-22-26-42(40)48(36)46(32)34)43(27-37(38)5-1)30-13-11-29(12-14-30)39-23-19-35-17-15-31-7-3-9-33-21-25-41(39)47(35)45(31)33/h1-28H. The van der Waals surface area contributed by atoms with Gasteiger partial charge in [0.25, 0.3) is 0 Å². The maximum Gasteiger partial charge on any atom is -0.00206 e. The van der Waals surface area contributed by atoms with Crippen molar-refractivity contribution in [3.8, 4) is 33.4 Å². The molecular formula is C48H28. The molecule has 11 aromatic carbocycles. The van der Waals surface area contributed by atoms with Crippen LogP contribution in [0.25, 0.3) is 109 Å². The average Bonchev–Trinajstić information content (AvgIpc) is 3.15. The molecule has 0 nitrogen and oxygen atoms in total. The summed E-state index contributed by atoms with van der Waals surface area (Å²) in [5, 5.41) is 18.3. The first kappa shape index (κ1) is 25.9. The Hall–Kier alpha value is -6.24. The smallest absolute Gasteiger partial charge is 0.00206 e. The van der Waals surface area contributed by atoms with E-state index in [1.165, 1.54) is 109 Å². The lowest BCUT2D eigenvalue weighted by atomic mass is 9.85. The highest BCUT2D eigenvalue weighted by molar-refractivity contribution is 6.27. The van der Waals surface area contributed by atoms with E-state index in [0.717, 1.165) is 0 Å². The summed E-state index contributed by atoms with van der Waals surface area (Å²) in [4.78, 5) is 0. The zero-order chi connectivity index (χ0) is 31.3. The highest BCUT2D eigenvalue weighted by atomic mass is 14.2. The lowest BCUT2D eigenvalue weighted by Crippen LogP contribution is -1.91. The van der Waals surface area contributed by atoms with E-state index >= 15 is 0 Å². The molecule has 0 aliphatic carbocycles. The molecule has 0 unspecified atom stereocenters. The molecule has 0 atom stereocenters. The molecule has 0 spiro atoms.